The quantitative estimate of drug-likeness (QED) is 0.539. The molecule has 2 N–H and O–H groups in total. The molecule has 9 heteroatoms. The van der Waals surface area contributed by atoms with Crippen molar-refractivity contribution in [2.45, 2.75) is 18.4 Å². The number of rotatable bonds is 4. The number of aliphatic hydroxyl groups is 1. The molecule has 0 bridgehead atoms. The lowest BCUT2D eigenvalue weighted by Gasteiger charge is -2.19. The van der Waals surface area contributed by atoms with Crippen molar-refractivity contribution in [1.29, 1.82) is 0 Å². The molecule has 2 aromatic heterocycles. The summed E-state index contributed by atoms with van der Waals surface area (Å²) in [6.45, 7) is 0.276. The number of H-pyrrole nitrogens is 1. The molecule has 2 aromatic carbocycles. The van der Waals surface area contributed by atoms with Crippen LogP contribution in [0.1, 0.15) is 23.8 Å². The predicted octanol–water partition coefficient (Wildman–Crippen LogP) is 3.04. The molecule has 152 valence electrons. The van der Waals surface area contributed by atoms with Crippen molar-refractivity contribution >= 4 is 22.5 Å². The van der Waals surface area contributed by atoms with E-state index in [9.17, 15) is 18.7 Å². The van der Waals surface area contributed by atoms with Crippen LogP contribution in [0.3, 0.4) is 0 Å². The van der Waals surface area contributed by atoms with E-state index in [4.69, 9.17) is 4.42 Å². The van der Waals surface area contributed by atoms with Crippen LogP contribution >= 0.6 is 0 Å². The van der Waals surface area contributed by atoms with Crippen molar-refractivity contribution in [2.24, 2.45) is 0 Å². The van der Waals surface area contributed by atoms with Gasteiger partial charge in [0.25, 0.3) is 11.8 Å². The van der Waals surface area contributed by atoms with E-state index in [0.717, 1.165) is 29.1 Å². The fourth-order valence-corrected chi connectivity index (χ4v) is 3.74. The summed E-state index contributed by atoms with van der Waals surface area (Å²) in [5.41, 5.74) is -0.0613. The third kappa shape index (κ3) is 3.03. The fraction of sp³-hybridized carbons (Fsp3) is 0.190. The van der Waals surface area contributed by atoms with Gasteiger partial charge < -0.3 is 19.4 Å². The van der Waals surface area contributed by atoms with Crippen LogP contribution in [-0.4, -0.2) is 32.7 Å². The topological polar surface area (TPSA) is 95.2 Å². The SMILES string of the molecule is O=C1N(c2ccc3[nH]ccc3c2)CCC1(O)c1nnc(Cc2cc(F)cc(F)c2)o1. The highest BCUT2D eigenvalue weighted by Gasteiger charge is 2.51. The van der Waals surface area contributed by atoms with Crippen LogP contribution in [0, 0.1) is 11.6 Å². The molecule has 5 rings (SSSR count). The predicted molar refractivity (Wildman–Crippen MR) is 103 cm³/mol. The molecule has 3 heterocycles. The van der Waals surface area contributed by atoms with E-state index >= 15 is 0 Å². The molecule has 1 fully saturated rings. The van der Waals surface area contributed by atoms with Crippen LogP contribution in [-0.2, 0) is 16.8 Å². The molecule has 1 saturated heterocycles. The minimum atomic E-state index is -1.95. The van der Waals surface area contributed by atoms with Crippen LogP contribution < -0.4 is 4.90 Å². The van der Waals surface area contributed by atoms with E-state index in [2.05, 4.69) is 15.2 Å². The lowest BCUT2D eigenvalue weighted by Crippen LogP contribution is -2.38. The van der Waals surface area contributed by atoms with Gasteiger partial charge in [0, 0.05) is 41.8 Å². The maximum absolute atomic E-state index is 13.4. The average Bonchev–Trinajstić information content (AvgIpc) is 3.41. The van der Waals surface area contributed by atoms with Gasteiger partial charge in [-0.1, -0.05) is 0 Å². The summed E-state index contributed by atoms with van der Waals surface area (Å²) >= 11 is 0. The molecular weight excluding hydrogens is 394 g/mol. The Labute approximate surface area is 169 Å². The summed E-state index contributed by atoms with van der Waals surface area (Å²) in [5.74, 6) is -2.19. The highest BCUT2D eigenvalue weighted by atomic mass is 19.1. The number of carbonyl (C=O) groups excluding carboxylic acids is 1. The Morgan fingerprint density at radius 3 is 2.73 bits per heavy atom. The van der Waals surface area contributed by atoms with Gasteiger partial charge in [-0.3, -0.25) is 4.79 Å². The fourth-order valence-electron chi connectivity index (χ4n) is 3.74. The molecule has 1 aliphatic rings. The van der Waals surface area contributed by atoms with Crippen molar-refractivity contribution in [3.63, 3.8) is 0 Å². The number of aromatic nitrogens is 3. The van der Waals surface area contributed by atoms with Gasteiger partial charge in [0.2, 0.25) is 11.5 Å². The smallest absolute Gasteiger partial charge is 0.268 e. The number of nitrogens with one attached hydrogen (secondary N) is 1. The molecule has 1 amide bonds. The summed E-state index contributed by atoms with van der Waals surface area (Å²) in [6.07, 6.45) is 1.86. The zero-order valence-electron chi connectivity index (χ0n) is 15.6. The molecule has 0 saturated carbocycles. The van der Waals surface area contributed by atoms with E-state index in [0.29, 0.717) is 11.3 Å². The molecule has 0 aliphatic carbocycles. The van der Waals surface area contributed by atoms with E-state index in [1.807, 2.05) is 18.2 Å². The maximum Gasteiger partial charge on any atom is 0.268 e. The van der Waals surface area contributed by atoms with Crippen LogP contribution in [0.15, 0.2) is 53.1 Å². The molecule has 4 aromatic rings. The average molecular weight is 410 g/mol. The number of hydrogen-bond acceptors (Lipinski definition) is 5. The first-order valence-electron chi connectivity index (χ1n) is 9.32. The Morgan fingerprint density at radius 1 is 1.13 bits per heavy atom. The van der Waals surface area contributed by atoms with Crippen molar-refractivity contribution in [3.8, 4) is 0 Å². The Bertz CT molecular complexity index is 1250. The number of carbonyl (C=O) groups is 1. The Morgan fingerprint density at radius 2 is 1.93 bits per heavy atom. The number of amides is 1. The number of hydrogen-bond donors (Lipinski definition) is 2. The minimum Gasteiger partial charge on any atom is -0.421 e. The normalized spacial score (nSPS) is 19.2. The first kappa shape index (κ1) is 18.4. The summed E-state index contributed by atoms with van der Waals surface area (Å²) in [6, 6.07) is 10.5. The molecule has 30 heavy (non-hydrogen) atoms. The number of halogens is 2. The molecule has 0 spiro atoms. The largest absolute Gasteiger partial charge is 0.421 e. The summed E-state index contributed by atoms with van der Waals surface area (Å²) < 4.78 is 32.2. The Hall–Kier alpha value is -3.59. The van der Waals surface area contributed by atoms with Gasteiger partial charge in [-0.25, -0.2) is 8.78 Å². The lowest BCUT2D eigenvalue weighted by molar-refractivity contribution is -0.136. The van der Waals surface area contributed by atoms with Crippen LogP contribution in [0.4, 0.5) is 14.5 Å². The highest BCUT2D eigenvalue weighted by molar-refractivity contribution is 6.02. The third-order valence-electron chi connectivity index (χ3n) is 5.24. The monoisotopic (exact) mass is 410 g/mol. The molecular formula is C21H16F2N4O3. The van der Waals surface area contributed by atoms with Gasteiger partial charge in [0.05, 0.1) is 6.42 Å². The van der Waals surface area contributed by atoms with Crippen LogP contribution in [0.5, 0.6) is 0 Å². The van der Waals surface area contributed by atoms with Gasteiger partial charge in [0.1, 0.15) is 11.6 Å². The first-order valence-corrected chi connectivity index (χ1v) is 9.32. The maximum atomic E-state index is 13.4. The third-order valence-corrected chi connectivity index (χ3v) is 5.24. The van der Waals surface area contributed by atoms with Gasteiger partial charge in [0.15, 0.2) is 0 Å². The van der Waals surface area contributed by atoms with Crippen molar-refractivity contribution in [1.82, 2.24) is 15.2 Å². The number of benzene rings is 2. The Kier molecular flexibility index (Phi) is 4.14. The van der Waals surface area contributed by atoms with Crippen molar-refractivity contribution < 1.29 is 23.1 Å². The second-order valence-corrected chi connectivity index (χ2v) is 7.27. The van der Waals surface area contributed by atoms with Gasteiger partial charge in [-0.15, -0.1) is 10.2 Å². The van der Waals surface area contributed by atoms with Crippen molar-refractivity contribution in [2.75, 3.05) is 11.4 Å². The lowest BCUT2D eigenvalue weighted by atomic mass is 10.0. The minimum absolute atomic E-state index is 0.0280. The standard InChI is InChI=1S/C21H16F2N4O3/c22-14-7-12(8-15(23)11-14)9-18-25-26-19(30-18)21(29)4-6-27(20(21)28)16-1-2-17-13(10-16)3-5-24-17/h1-3,5,7-8,10-11,24,29H,4,6,9H2. The van der Waals surface area contributed by atoms with Gasteiger partial charge in [-0.2, -0.15) is 0 Å². The van der Waals surface area contributed by atoms with E-state index in [1.54, 1.807) is 12.3 Å². The molecule has 1 aliphatic heterocycles. The number of anilines is 1. The van der Waals surface area contributed by atoms with Crippen LogP contribution in [0.2, 0.25) is 0 Å². The van der Waals surface area contributed by atoms with E-state index < -0.39 is 23.1 Å². The second kappa shape index (κ2) is 6.74. The zero-order chi connectivity index (χ0) is 20.9. The van der Waals surface area contributed by atoms with E-state index in [-0.39, 0.29) is 31.2 Å². The number of aromatic amines is 1. The molecule has 1 unspecified atom stereocenters. The zero-order valence-corrected chi connectivity index (χ0v) is 15.6. The first-order chi connectivity index (χ1) is 14.4. The summed E-state index contributed by atoms with van der Waals surface area (Å²) in [7, 11) is 0. The van der Waals surface area contributed by atoms with Gasteiger partial charge in [-0.05, 0) is 42.0 Å². The molecule has 0 radical (unpaired) electrons. The van der Waals surface area contributed by atoms with Crippen LogP contribution in [0.25, 0.3) is 10.9 Å². The highest BCUT2D eigenvalue weighted by Crippen LogP contribution is 2.36. The van der Waals surface area contributed by atoms with E-state index in [1.165, 1.54) is 4.90 Å². The Balaban J connectivity index is 1.39. The molecule has 1 atom stereocenters. The molecule has 7 nitrogen and oxygen atoms in total. The van der Waals surface area contributed by atoms with Gasteiger partial charge >= 0.3 is 0 Å². The number of fused-ring (bicyclic) bond motifs is 1. The number of nitrogens with zero attached hydrogens (tertiary/aromatic N) is 3. The van der Waals surface area contributed by atoms with Crippen molar-refractivity contribution in [3.05, 3.63) is 77.6 Å². The summed E-state index contributed by atoms with van der Waals surface area (Å²) in [4.78, 5) is 17.6. The second-order valence-electron chi connectivity index (χ2n) is 7.27. The summed E-state index contributed by atoms with van der Waals surface area (Å²) in [5, 5.41) is 19.6.